The zero-order valence-electron chi connectivity index (χ0n) is 10.7. The van der Waals surface area contributed by atoms with E-state index in [9.17, 15) is 14.7 Å². The molecule has 2 rings (SSSR count). The van der Waals surface area contributed by atoms with Gasteiger partial charge in [-0.1, -0.05) is 24.4 Å². The van der Waals surface area contributed by atoms with Crippen LogP contribution >= 0.6 is 27.5 Å². The highest BCUT2D eigenvalue weighted by Gasteiger charge is 2.35. The van der Waals surface area contributed by atoms with Gasteiger partial charge in [0.15, 0.2) is 0 Å². The molecule has 0 saturated heterocycles. The van der Waals surface area contributed by atoms with Crippen molar-refractivity contribution in [2.45, 2.75) is 25.7 Å². The standard InChI is InChI=1S/C14H15BrClNO3/c15-11-6-5-8(7-12(11)16)17-13(18)9-3-1-2-4-10(9)14(19)20/h5-7,9-10H,1-4H2,(H,17,18)(H,19,20)/t9-,10+/m0/s1. The summed E-state index contributed by atoms with van der Waals surface area (Å²) in [5.74, 6) is -2.19. The lowest BCUT2D eigenvalue weighted by molar-refractivity contribution is -0.147. The summed E-state index contributed by atoms with van der Waals surface area (Å²) in [6, 6.07) is 5.11. The molecule has 0 radical (unpaired) electrons. The second-order valence-electron chi connectivity index (χ2n) is 4.95. The Hall–Kier alpha value is -1.07. The smallest absolute Gasteiger partial charge is 0.307 e. The third kappa shape index (κ3) is 3.52. The molecule has 1 fully saturated rings. The van der Waals surface area contributed by atoms with Crippen LogP contribution in [0.25, 0.3) is 0 Å². The molecule has 6 heteroatoms. The van der Waals surface area contributed by atoms with E-state index in [2.05, 4.69) is 21.2 Å². The lowest BCUT2D eigenvalue weighted by atomic mass is 9.78. The minimum absolute atomic E-state index is 0.240. The van der Waals surface area contributed by atoms with Crippen molar-refractivity contribution in [3.05, 3.63) is 27.7 Å². The molecule has 0 unspecified atom stereocenters. The second kappa shape index (κ2) is 6.59. The zero-order chi connectivity index (χ0) is 14.7. The van der Waals surface area contributed by atoms with Crippen molar-refractivity contribution in [1.29, 1.82) is 0 Å². The van der Waals surface area contributed by atoms with Crippen LogP contribution in [-0.4, -0.2) is 17.0 Å². The van der Waals surface area contributed by atoms with Crippen LogP contribution < -0.4 is 5.32 Å². The van der Waals surface area contributed by atoms with Crippen molar-refractivity contribution in [3.63, 3.8) is 0 Å². The van der Waals surface area contributed by atoms with Crippen molar-refractivity contribution < 1.29 is 14.7 Å². The molecule has 2 N–H and O–H groups in total. The number of nitrogens with one attached hydrogen (secondary N) is 1. The van der Waals surface area contributed by atoms with Gasteiger partial charge in [0.25, 0.3) is 0 Å². The van der Waals surface area contributed by atoms with E-state index in [4.69, 9.17) is 11.6 Å². The summed E-state index contributed by atoms with van der Waals surface area (Å²) < 4.78 is 0.748. The molecule has 0 heterocycles. The normalized spacial score (nSPS) is 22.3. The number of carboxylic acid groups (broad SMARTS) is 1. The Morgan fingerprint density at radius 3 is 2.50 bits per heavy atom. The summed E-state index contributed by atoms with van der Waals surface area (Å²) in [5, 5.41) is 12.5. The summed E-state index contributed by atoms with van der Waals surface area (Å²) in [7, 11) is 0. The van der Waals surface area contributed by atoms with E-state index < -0.39 is 17.8 Å². The number of benzene rings is 1. The fourth-order valence-corrected chi connectivity index (χ4v) is 2.98. The molecule has 0 aromatic heterocycles. The Kier molecular flexibility index (Phi) is 5.05. The van der Waals surface area contributed by atoms with Gasteiger partial charge in [0.05, 0.1) is 16.9 Å². The predicted molar refractivity (Wildman–Crippen MR) is 80.9 cm³/mol. The van der Waals surface area contributed by atoms with E-state index >= 15 is 0 Å². The maximum Gasteiger partial charge on any atom is 0.307 e. The lowest BCUT2D eigenvalue weighted by Crippen LogP contribution is -2.36. The van der Waals surface area contributed by atoms with Crippen LogP contribution in [0.15, 0.2) is 22.7 Å². The minimum atomic E-state index is -0.890. The van der Waals surface area contributed by atoms with E-state index in [0.29, 0.717) is 23.6 Å². The van der Waals surface area contributed by atoms with Crippen LogP contribution in [0.3, 0.4) is 0 Å². The topological polar surface area (TPSA) is 66.4 Å². The van der Waals surface area contributed by atoms with Crippen molar-refractivity contribution in [2.75, 3.05) is 5.32 Å². The number of rotatable bonds is 3. The third-order valence-electron chi connectivity index (χ3n) is 3.61. The third-order valence-corrected chi connectivity index (χ3v) is 4.84. The van der Waals surface area contributed by atoms with Crippen LogP contribution in [0.4, 0.5) is 5.69 Å². The molecule has 0 bridgehead atoms. The number of aliphatic carboxylic acids is 1. The molecular weight excluding hydrogens is 346 g/mol. The fraction of sp³-hybridized carbons (Fsp3) is 0.429. The van der Waals surface area contributed by atoms with E-state index in [0.717, 1.165) is 17.3 Å². The molecule has 1 aromatic carbocycles. The molecule has 20 heavy (non-hydrogen) atoms. The molecule has 1 aliphatic rings. The number of hydrogen-bond acceptors (Lipinski definition) is 2. The van der Waals surface area contributed by atoms with E-state index in [1.54, 1.807) is 18.2 Å². The summed E-state index contributed by atoms with van der Waals surface area (Å²) >= 11 is 9.25. The summed E-state index contributed by atoms with van der Waals surface area (Å²) in [6.45, 7) is 0. The fourth-order valence-electron chi connectivity index (χ4n) is 2.55. The predicted octanol–water partition coefficient (Wildman–Crippen LogP) is 3.93. The molecule has 0 aliphatic heterocycles. The number of carbonyl (C=O) groups excluding carboxylic acids is 1. The van der Waals surface area contributed by atoms with Gasteiger partial charge >= 0.3 is 5.97 Å². The Labute approximate surface area is 130 Å². The quantitative estimate of drug-likeness (QED) is 0.858. The molecule has 4 nitrogen and oxygen atoms in total. The van der Waals surface area contributed by atoms with Gasteiger partial charge in [0, 0.05) is 10.2 Å². The average Bonchev–Trinajstić information content (AvgIpc) is 2.43. The first-order chi connectivity index (χ1) is 9.49. The largest absolute Gasteiger partial charge is 0.481 e. The van der Waals surface area contributed by atoms with Gasteiger partial charge in [-0.25, -0.2) is 0 Å². The Morgan fingerprint density at radius 1 is 1.25 bits per heavy atom. The molecule has 1 aliphatic carbocycles. The summed E-state index contributed by atoms with van der Waals surface area (Å²) in [5.41, 5.74) is 0.581. The van der Waals surface area contributed by atoms with Crippen LogP contribution in [0.1, 0.15) is 25.7 Å². The van der Waals surface area contributed by atoms with Crippen molar-refractivity contribution in [1.82, 2.24) is 0 Å². The molecule has 2 atom stereocenters. The van der Waals surface area contributed by atoms with Crippen molar-refractivity contribution >= 4 is 45.1 Å². The van der Waals surface area contributed by atoms with Crippen molar-refractivity contribution in [3.8, 4) is 0 Å². The zero-order valence-corrected chi connectivity index (χ0v) is 13.1. The van der Waals surface area contributed by atoms with E-state index in [1.165, 1.54) is 0 Å². The highest BCUT2D eigenvalue weighted by Crippen LogP contribution is 2.32. The monoisotopic (exact) mass is 359 g/mol. The number of hydrogen-bond donors (Lipinski definition) is 2. The van der Waals surface area contributed by atoms with Crippen LogP contribution in [0.2, 0.25) is 5.02 Å². The van der Waals surface area contributed by atoms with Gasteiger partial charge in [0.1, 0.15) is 0 Å². The maximum absolute atomic E-state index is 12.2. The van der Waals surface area contributed by atoms with Crippen LogP contribution in [-0.2, 0) is 9.59 Å². The number of anilines is 1. The van der Waals surface area contributed by atoms with Gasteiger partial charge in [-0.15, -0.1) is 0 Å². The van der Waals surface area contributed by atoms with Gasteiger partial charge in [-0.05, 0) is 47.0 Å². The SMILES string of the molecule is O=C(Nc1ccc(Br)c(Cl)c1)[C@H]1CCCC[C@H]1C(=O)O. The maximum atomic E-state index is 12.2. The lowest BCUT2D eigenvalue weighted by Gasteiger charge is -2.27. The molecule has 1 amide bonds. The van der Waals surface area contributed by atoms with Gasteiger partial charge in [-0.3, -0.25) is 9.59 Å². The van der Waals surface area contributed by atoms with E-state index in [-0.39, 0.29) is 5.91 Å². The van der Waals surface area contributed by atoms with Crippen LogP contribution in [0.5, 0.6) is 0 Å². The van der Waals surface area contributed by atoms with Gasteiger partial charge in [-0.2, -0.15) is 0 Å². The van der Waals surface area contributed by atoms with Gasteiger partial charge < -0.3 is 10.4 Å². The first-order valence-corrected chi connectivity index (χ1v) is 7.65. The highest BCUT2D eigenvalue weighted by atomic mass is 79.9. The number of carbonyl (C=O) groups is 2. The first-order valence-electron chi connectivity index (χ1n) is 6.48. The molecule has 108 valence electrons. The highest BCUT2D eigenvalue weighted by molar-refractivity contribution is 9.10. The Balaban J connectivity index is 2.09. The number of amides is 1. The Morgan fingerprint density at radius 2 is 1.90 bits per heavy atom. The minimum Gasteiger partial charge on any atom is -0.481 e. The second-order valence-corrected chi connectivity index (χ2v) is 6.22. The first kappa shape index (κ1) is 15.3. The van der Waals surface area contributed by atoms with Gasteiger partial charge in [0.2, 0.25) is 5.91 Å². The molecule has 1 aromatic rings. The number of carboxylic acids is 1. The van der Waals surface area contributed by atoms with Crippen molar-refractivity contribution in [2.24, 2.45) is 11.8 Å². The molecular formula is C14H15BrClNO3. The van der Waals surface area contributed by atoms with Crippen LogP contribution in [0, 0.1) is 11.8 Å². The summed E-state index contributed by atoms with van der Waals surface area (Å²) in [4.78, 5) is 23.5. The Bertz CT molecular complexity index is 535. The molecule has 1 saturated carbocycles. The van der Waals surface area contributed by atoms with E-state index in [1.807, 2.05) is 0 Å². The average molecular weight is 361 g/mol. The molecule has 0 spiro atoms. The summed E-state index contributed by atoms with van der Waals surface area (Å²) in [6.07, 6.45) is 2.94. The number of halogens is 2.